The van der Waals surface area contributed by atoms with Crippen LogP contribution in [0.25, 0.3) is 11.3 Å². The van der Waals surface area contributed by atoms with Gasteiger partial charge in [0.15, 0.2) is 0 Å². The lowest BCUT2D eigenvalue weighted by molar-refractivity contribution is 0.0775. The lowest BCUT2D eigenvalue weighted by Gasteiger charge is -2.17. The molecule has 0 bridgehead atoms. The van der Waals surface area contributed by atoms with Crippen molar-refractivity contribution in [2.45, 2.75) is 20.0 Å². The van der Waals surface area contributed by atoms with Gasteiger partial charge in [0.2, 0.25) is 0 Å². The van der Waals surface area contributed by atoms with E-state index in [9.17, 15) is 4.79 Å². The van der Waals surface area contributed by atoms with Gasteiger partial charge in [0, 0.05) is 19.2 Å². The molecule has 7 nitrogen and oxygen atoms in total. The zero-order chi connectivity index (χ0) is 18.7. The lowest BCUT2D eigenvalue weighted by atomic mass is 10.1. The summed E-state index contributed by atoms with van der Waals surface area (Å²) in [6.07, 6.45) is 1.59. The second kappa shape index (κ2) is 7.61. The normalized spacial score (nSPS) is 10.8. The number of nitrogens with one attached hydrogen (secondary N) is 1. The minimum absolute atomic E-state index is 0.169. The number of carbonyl (C=O) groups is 1. The average Bonchev–Trinajstić information content (AvgIpc) is 3.29. The Bertz CT molecular complexity index is 901. The molecule has 136 valence electrons. The van der Waals surface area contributed by atoms with E-state index in [1.807, 2.05) is 31.2 Å². The molecule has 0 fully saturated rings. The molecule has 1 amide bonds. The molecule has 0 spiro atoms. The lowest BCUT2D eigenvalue weighted by Crippen LogP contribution is -2.28. The van der Waals surface area contributed by atoms with Crippen LogP contribution in [0, 0.1) is 0 Å². The van der Waals surface area contributed by atoms with E-state index >= 15 is 0 Å². The third-order valence-electron chi connectivity index (χ3n) is 4.12. The van der Waals surface area contributed by atoms with E-state index in [2.05, 4.69) is 15.3 Å². The van der Waals surface area contributed by atoms with Crippen molar-refractivity contribution in [3.8, 4) is 17.0 Å². The highest BCUT2D eigenvalue weighted by Crippen LogP contribution is 2.22. The molecule has 3 aromatic rings. The average molecular weight is 374 g/mol. The van der Waals surface area contributed by atoms with Gasteiger partial charge in [-0.1, -0.05) is 11.6 Å². The fourth-order valence-electron chi connectivity index (χ4n) is 2.66. The summed E-state index contributed by atoms with van der Waals surface area (Å²) < 4.78 is 6.93. The molecule has 2 aromatic heterocycles. The summed E-state index contributed by atoms with van der Waals surface area (Å²) in [6.45, 7) is 3.03. The third-order valence-corrected chi connectivity index (χ3v) is 4.44. The van der Waals surface area contributed by atoms with Crippen molar-refractivity contribution in [2.24, 2.45) is 0 Å². The summed E-state index contributed by atoms with van der Waals surface area (Å²) in [5, 5.41) is 11.8. The van der Waals surface area contributed by atoms with E-state index in [1.54, 1.807) is 36.0 Å². The number of rotatable bonds is 6. The first-order chi connectivity index (χ1) is 12.5. The quantitative estimate of drug-likeness (QED) is 0.719. The van der Waals surface area contributed by atoms with Crippen LogP contribution in [0.5, 0.6) is 5.75 Å². The summed E-state index contributed by atoms with van der Waals surface area (Å²) in [6, 6.07) is 9.23. The first-order valence-electron chi connectivity index (χ1n) is 8.19. The predicted octanol–water partition coefficient (Wildman–Crippen LogP) is 3.23. The molecule has 3 rings (SSSR count). The number of methoxy groups -OCH3 is 1. The number of aryl methyl sites for hydroxylation is 1. The van der Waals surface area contributed by atoms with Crippen molar-refractivity contribution in [3.05, 3.63) is 52.9 Å². The Morgan fingerprint density at radius 3 is 2.73 bits per heavy atom. The van der Waals surface area contributed by atoms with Gasteiger partial charge in [-0.15, -0.1) is 0 Å². The Morgan fingerprint density at radius 1 is 1.35 bits per heavy atom. The number of hydrogen-bond donors (Lipinski definition) is 1. The first kappa shape index (κ1) is 18.0. The van der Waals surface area contributed by atoms with Crippen LogP contribution in [0.4, 0.5) is 0 Å². The van der Waals surface area contributed by atoms with Gasteiger partial charge in [-0.3, -0.25) is 14.6 Å². The number of carbonyl (C=O) groups excluding carboxylic acids is 1. The highest BCUT2D eigenvalue weighted by atomic mass is 35.5. The fourth-order valence-corrected chi connectivity index (χ4v) is 2.86. The molecule has 0 aliphatic rings. The second-order valence-corrected chi connectivity index (χ2v) is 6.22. The van der Waals surface area contributed by atoms with Crippen LogP contribution in [-0.4, -0.2) is 44.9 Å². The fraction of sp³-hybridized carbons (Fsp3) is 0.278. The smallest absolute Gasteiger partial charge is 0.271 e. The van der Waals surface area contributed by atoms with E-state index in [-0.39, 0.29) is 5.91 Å². The Kier molecular flexibility index (Phi) is 5.27. The molecule has 0 atom stereocenters. The Hall–Kier alpha value is -2.80. The molecule has 0 saturated heterocycles. The van der Waals surface area contributed by atoms with Crippen LogP contribution in [0.15, 0.2) is 36.5 Å². The van der Waals surface area contributed by atoms with Gasteiger partial charge in [-0.2, -0.15) is 10.2 Å². The van der Waals surface area contributed by atoms with Gasteiger partial charge < -0.3 is 9.64 Å². The highest BCUT2D eigenvalue weighted by Gasteiger charge is 2.18. The zero-order valence-electron chi connectivity index (χ0n) is 14.9. The predicted molar refractivity (Wildman–Crippen MR) is 99.3 cm³/mol. The minimum atomic E-state index is -0.169. The number of hydrogen-bond acceptors (Lipinski definition) is 4. The van der Waals surface area contributed by atoms with E-state index < -0.39 is 0 Å². The molecule has 0 unspecified atom stereocenters. The molecule has 26 heavy (non-hydrogen) atoms. The molecular weight excluding hydrogens is 354 g/mol. The number of halogens is 1. The number of H-pyrrole nitrogens is 1. The topological polar surface area (TPSA) is 76.0 Å². The van der Waals surface area contributed by atoms with E-state index in [4.69, 9.17) is 16.3 Å². The van der Waals surface area contributed by atoms with Crippen molar-refractivity contribution < 1.29 is 9.53 Å². The molecule has 0 aliphatic carbocycles. The number of nitrogens with zero attached hydrogens (tertiary/aromatic N) is 4. The van der Waals surface area contributed by atoms with Crippen LogP contribution < -0.4 is 4.74 Å². The van der Waals surface area contributed by atoms with Crippen molar-refractivity contribution in [2.75, 3.05) is 14.2 Å². The van der Waals surface area contributed by atoms with Gasteiger partial charge in [0.25, 0.3) is 5.91 Å². The Labute approximate surface area is 156 Å². The van der Waals surface area contributed by atoms with Gasteiger partial charge in [-0.25, -0.2) is 0 Å². The number of aromatic nitrogens is 4. The largest absolute Gasteiger partial charge is 0.497 e. The van der Waals surface area contributed by atoms with E-state index in [0.29, 0.717) is 29.5 Å². The van der Waals surface area contributed by atoms with Gasteiger partial charge in [0.05, 0.1) is 36.3 Å². The first-order valence-corrected chi connectivity index (χ1v) is 8.56. The van der Waals surface area contributed by atoms with Crippen molar-refractivity contribution in [1.29, 1.82) is 0 Å². The number of ether oxygens (including phenoxy) is 1. The molecule has 0 radical (unpaired) electrons. The van der Waals surface area contributed by atoms with Crippen LogP contribution in [0.1, 0.15) is 23.1 Å². The van der Waals surface area contributed by atoms with Crippen LogP contribution in [-0.2, 0) is 13.1 Å². The molecule has 0 aliphatic heterocycles. The van der Waals surface area contributed by atoms with E-state index in [0.717, 1.165) is 17.0 Å². The number of aromatic amines is 1. The summed E-state index contributed by atoms with van der Waals surface area (Å²) in [5.41, 5.74) is 2.81. The van der Waals surface area contributed by atoms with Crippen molar-refractivity contribution in [3.63, 3.8) is 0 Å². The van der Waals surface area contributed by atoms with Crippen molar-refractivity contribution >= 4 is 17.5 Å². The summed E-state index contributed by atoms with van der Waals surface area (Å²) in [4.78, 5) is 14.3. The van der Waals surface area contributed by atoms with Crippen LogP contribution in [0.3, 0.4) is 0 Å². The molecular formula is C18H20ClN5O2. The maximum Gasteiger partial charge on any atom is 0.271 e. The maximum absolute atomic E-state index is 12.7. The molecule has 8 heteroatoms. The monoisotopic (exact) mass is 373 g/mol. The number of amides is 1. The minimum Gasteiger partial charge on any atom is -0.497 e. The standard InChI is InChI=1S/C18H20ClN5O2/c1-4-24-17(14(19)10-20-24)11-23(2)18(25)16-9-15(21-22-16)12-5-7-13(26-3)8-6-12/h5-10H,4,11H2,1-3H3,(H,21,22). The molecule has 1 aromatic carbocycles. The second-order valence-electron chi connectivity index (χ2n) is 5.81. The van der Waals surface area contributed by atoms with Crippen molar-refractivity contribution in [1.82, 2.24) is 24.9 Å². The summed E-state index contributed by atoms with van der Waals surface area (Å²) >= 11 is 6.18. The molecule has 2 heterocycles. The van der Waals surface area contributed by atoms with Gasteiger partial charge >= 0.3 is 0 Å². The van der Waals surface area contributed by atoms with E-state index in [1.165, 1.54) is 0 Å². The van der Waals surface area contributed by atoms with Crippen LogP contribution in [0.2, 0.25) is 5.02 Å². The summed E-state index contributed by atoms with van der Waals surface area (Å²) in [5.74, 6) is 0.599. The van der Waals surface area contributed by atoms with Gasteiger partial charge in [0.1, 0.15) is 11.4 Å². The maximum atomic E-state index is 12.7. The zero-order valence-corrected chi connectivity index (χ0v) is 15.6. The third kappa shape index (κ3) is 3.57. The molecule has 1 N–H and O–H groups in total. The number of benzene rings is 1. The summed E-state index contributed by atoms with van der Waals surface area (Å²) in [7, 11) is 3.34. The SMILES string of the molecule is CCn1ncc(Cl)c1CN(C)C(=O)c1cc(-c2ccc(OC)cc2)n[nH]1. The highest BCUT2D eigenvalue weighted by molar-refractivity contribution is 6.31. The molecule has 0 saturated carbocycles. The Morgan fingerprint density at radius 2 is 2.08 bits per heavy atom. The Balaban J connectivity index is 1.75. The van der Waals surface area contributed by atoms with Crippen LogP contribution >= 0.6 is 11.6 Å². The van der Waals surface area contributed by atoms with Gasteiger partial charge in [-0.05, 0) is 37.3 Å².